The van der Waals surface area contributed by atoms with E-state index in [2.05, 4.69) is 25.6 Å². The molecule has 0 radical (unpaired) electrons. The van der Waals surface area contributed by atoms with Gasteiger partial charge in [0.25, 0.3) is 0 Å². The van der Waals surface area contributed by atoms with Crippen LogP contribution in [-0.4, -0.2) is 55.3 Å². The SMILES string of the molecule is Cc1cc(NCCOCCN(C)C)nc(NN)n1. The number of ether oxygens (including phenoxy) is 1. The van der Waals surface area contributed by atoms with Crippen molar-refractivity contribution in [2.45, 2.75) is 6.92 Å². The van der Waals surface area contributed by atoms with Gasteiger partial charge in [-0.3, -0.25) is 5.43 Å². The van der Waals surface area contributed by atoms with E-state index >= 15 is 0 Å². The topological polar surface area (TPSA) is 88.3 Å². The average molecular weight is 254 g/mol. The Morgan fingerprint density at radius 2 is 2.11 bits per heavy atom. The Kier molecular flexibility index (Phi) is 6.34. The highest BCUT2D eigenvalue weighted by atomic mass is 16.5. The Bertz CT molecular complexity index is 357. The van der Waals surface area contributed by atoms with Crippen molar-refractivity contribution >= 4 is 11.8 Å². The molecule has 0 aliphatic carbocycles. The molecule has 1 aromatic heterocycles. The number of nitrogens with two attached hydrogens (primary N) is 1. The highest BCUT2D eigenvalue weighted by molar-refractivity contribution is 5.41. The normalized spacial score (nSPS) is 10.7. The van der Waals surface area contributed by atoms with E-state index in [1.165, 1.54) is 0 Å². The van der Waals surface area contributed by atoms with Crippen molar-refractivity contribution in [2.24, 2.45) is 5.84 Å². The zero-order valence-corrected chi connectivity index (χ0v) is 11.2. The largest absolute Gasteiger partial charge is 0.378 e. The minimum atomic E-state index is 0.408. The smallest absolute Gasteiger partial charge is 0.239 e. The lowest BCUT2D eigenvalue weighted by molar-refractivity contribution is 0.126. The van der Waals surface area contributed by atoms with Gasteiger partial charge in [0.2, 0.25) is 5.95 Å². The van der Waals surface area contributed by atoms with Gasteiger partial charge < -0.3 is 15.0 Å². The van der Waals surface area contributed by atoms with Crippen LogP contribution in [0, 0.1) is 6.92 Å². The van der Waals surface area contributed by atoms with Gasteiger partial charge in [-0.15, -0.1) is 0 Å². The van der Waals surface area contributed by atoms with Gasteiger partial charge in [-0.25, -0.2) is 10.8 Å². The standard InChI is InChI=1S/C11H22N6O/c1-9-8-10(15-11(14-9)16-12)13-4-6-18-7-5-17(2)3/h8H,4-7,12H2,1-3H3,(H2,13,14,15,16). The molecule has 18 heavy (non-hydrogen) atoms. The molecule has 0 atom stereocenters. The molecule has 102 valence electrons. The summed E-state index contributed by atoms with van der Waals surface area (Å²) < 4.78 is 5.47. The number of anilines is 2. The first-order chi connectivity index (χ1) is 8.61. The Labute approximate surface area is 108 Å². The molecule has 0 bridgehead atoms. The minimum Gasteiger partial charge on any atom is -0.378 e. The molecule has 1 heterocycles. The molecule has 0 saturated carbocycles. The number of likely N-dealkylation sites (N-methyl/N-ethyl adjacent to an activating group) is 1. The summed E-state index contributed by atoms with van der Waals surface area (Å²) in [4.78, 5) is 10.4. The van der Waals surface area contributed by atoms with Gasteiger partial charge in [0.05, 0.1) is 13.2 Å². The van der Waals surface area contributed by atoms with E-state index in [1.807, 2.05) is 27.1 Å². The molecule has 1 rings (SSSR count). The molecule has 1 aromatic rings. The molecular weight excluding hydrogens is 232 g/mol. The van der Waals surface area contributed by atoms with Crippen LogP contribution in [0.2, 0.25) is 0 Å². The van der Waals surface area contributed by atoms with Gasteiger partial charge in [-0.05, 0) is 21.0 Å². The molecule has 4 N–H and O–H groups in total. The van der Waals surface area contributed by atoms with Gasteiger partial charge in [-0.1, -0.05) is 0 Å². The summed E-state index contributed by atoms with van der Waals surface area (Å²) in [6.07, 6.45) is 0. The van der Waals surface area contributed by atoms with Crippen molar-refractivity contribution in [3.8, 4) is 0 Å². The third-order valence-corrected chi connectivity index (χ3v) is 2.22. The Morgan fingerprint density at radius 1 is 1.33 bits per heavy atom. The highest BCUT2D eigenvalue weighted by Crippen LogP contribution is 2.07. The van der Waals surface area contributed by atoms with Crippen LogP contribution in [-0.2, 0) is 4.74 Å². The predicted molar refractivity (Wildman–Crippen MR) is 72.4 cm³/mol. The van der Waals surface area contributed by atoms with E-state index in [4.69, 9.17) is 10.6 Å². The first kappa shape index (κ1) is 14.6. The van der Waals surface area contributed by atoms with Crippen molar-refractivity contribution in [1.29, 1.82) is 0 Å². The lowest BCUT2D eigenvalue weighted by atomic mass is 10.4. The van der Waals surface area contributed by atoms with Gasteiger partial charge in [-0.2, -0.15) is 4.98 Å². The number of aryl methyl sites for hydroxylation is 1. The van der Waals surface area contributed by atoms with E-state index in [0.29, 0.717) is 19.1 Å². The fraction of sp³-hybridized carbons (Fsp3) is 0.636. The van der Waals surface area contributed by atoms with E-state index in [-0.39, 0.29) is 0 Å². The molecule has 7 nitrogen and oxygen atoms in total. The number of nitrogens with one attached hydrogen (secondary N) is 2. The number of hydrazine groups is 1. The summed E-state index contributed by atoms with van der Waals surface area (Å²) in [5.41, 5.74) is 3.29. The first-order valence-corrected chi connectivity index (χ1v) is 5.90. The summed E-state index contributed by atoms with van der Waals surface area (Å²) in [6.45, 7) is 4.89. The van der Waals surface area contributed by atoms with Crippen molar-refractivity contribution < 1.29 is 4.74 Å². The first-order valence-electron chi connectivity index (χ1n) is 5.90. The molecule has 0 aromatic carbocycles. The van der Waals surface area contributed by atoms with E-state index < -0.39 is 0 Å². The number of hydrogen-bond acceptors (Lipinski definition) is 7. The molecular formula is C11H22N6O. The summed E-state index contributed by atoms with van der Waals surface area (Å²) in [5, 5.41) is 3.16. The summed E-state index contributed by atoms with van der Waals surface area (Å²) >= 11 is 0. The van der Waals surface area contributed by atoms with Crippen LogP contribution < -0.4 is 16.6 Å². The zero-order chi connectivity index (χ0) is 13.4. The molecule has 0 amide bonds. The zero-order valence-electron chi connectivity index (χ0n) is 11.2. The third kappa shape index (κ3) is 5.76. The number of rotatable bonds is 8. The van der Waals surface area contributed by atoms with E-state index in [1.54, 1.807) is 0 Å². The predicted octanol–water partition coefficient (Wildman–Crippen LogP) is 0.0607. The summed E-state index contributed by atoms with van der Waals surface area (Å²) in [6, 6.07) is 1.86. The maximum Gasteiger partial charge on any atom is 0.239 e. The van der Waals surface area contributed by atoms with Crippen molar-refractivity contribution in [1.82, 2.24) is 14.9 Å². The molecule has 0 fully saturated rings. The third-order valence-electron chi connectivity index (χ3n) is 2.22. The molecule has 0 aliphatic rings. The summed E-state index contributed by atoms with van der Waals surface area (Å²) in [5.74, 6) is 6.43. The monoisotopic (exact) mass is 254 g/mol. The van der Waals surface area contributed by atoms with Crippen molar-refractivity contribution in [3.05, 3.63) is 11.8 Å². The highest BCUT2D eigenvalue weighted by Gasteiger charge is 2.00. The van der Waals surface area contributed by atoms with Gasteiger partial charge >= 0.3 is 0 Å². The molecule has 0 aliphatic heterocycles. The second-order valence-electron chi connectivity index (χ2n) is 4.20. The lowest BCUT2D eigenvalue weighted by Crippen LogP contribution is -2.20. The molecule has 0 saturated heterocycles. The minimum absolute atomic E-state index is 0.408. The second kappa shape index (κ2) is 7.80. The van der Waals surface area contributed by atoms with Crippen LogP contribution in [0.1, 0.15) is 5.69 Å². The quantitative estimate of drug-likeness (QED) is 0.343. The van der Waals surface area contributed by atoms with Crippen LogP contribution in [0.25, 0.3) is 0 Å². The van der Waals surface area contributed by atoms with Crippen LogP contribution in [0.3, 0.4) is 0 Å². The number of aromatic nitrogens is 2. The Balaban J connectivity index is 2.24. The van der Waals surface area contributed by atoms with Gasteiger partial charge in [0, 0.05) is 24.8 Å². The maximum absolute atomic E-state index is 5.47. The van der Waals surface area contributed by atoms with Crippen molar-refractivity contribution in [2.75, 3.05) is 51.1 Å². The van der Waals surface area contributed by atoms with Crippen molar-refractivity contribution in [3.63, 3.8) is 0 Å². The summed E-state index contributed by atoms with van der Waals surface area (Å²) in [7, 11) is 4.04. The van der Waals surface area contributed by atoms with Crippen LogP contribution in [0.4, 0.5) is 11.8 Å². The number of nitrogens with zero attached hydrogens (tertiary/aromatic N) is 3. The molecule has 0 unspecified atom stereocenters. The number of nitrogen functional groups attached to an aromatic ring is 1. The van der Waals surface area contributed by atoms with Gasteiger partial charge in [0.1, 0.15) is 5.82 Å². The molecule has 7 heteroatoms. The molecule has 0 spiro atoms. The van der Waals surface area contributed by atoms with Gasteiger partial charge in [0.15, 0.2) is 0 Å². The van der Waals surface area contributed by atoms with E-state index in [9.17, 15) is 0 Å². The average Bonchev–Trinajstić information content (AvgIpc) is 2.32. The van der Waals surface area contributed by atoms with E-state index in [0.717, 1.165) is 24.7 Å². The number of hydrogen-bond donors (Lipinski definition) is 3. The van der Waals surface area contributed by atoms with Crippen LogP contribution in [0.15, 0.2) is 6.07 Å². The lowest BCUT2D eigenvalue weighted by Gasteiger charge is -2.11. The van der Waals surface area contributed by atoms with Crippen LogP contribution in [0.5, 0.6) is 0 Å². The second-order valence-corrected chi connectivity index (χ2v) is 4.20. The Hall–Kier alpha value is -1.44. The fourth-order valence-electron chi connectivity index (χ4n) is 1.32. The fourth-order valence-corrected chi connectivity index (χ4v) is 1.32. The Morgan fingerprint density at radius 3 is 2.78 bits per heavy atom. The maximum atomic E-state index is 5.47. The van der Waals surface area contributed by atoms with Crippen LogP contribution >= 0.6 is 0 Å².